The average molecular weight is 421 g/mol. The maximum absolute atomic E-state index is 12.4. The number of aromatic nitrogens is 1. The minimum Gasteiger partial charge on any atom is -0.458 e. The van der Waals surface area contributed by atoms with Crippen LogP contribution in [-0.4, -0.2) is 17.6 Å². The predicted octanol–water partition coefficient (Wildman–Crippen LogP) is 6.80. The number of nitrogens with zero attached hydrogens (tertiary/aromatic N) is 1. The van der Waals surface area contributed by atoms with E-state index in [2.05, 4.69) is 0 Å². The highest BCUT2D eigenvalue weighted by Crippen LogP contribution is 2.39. The largest absolute Gasteiger partial charge is 0.458 e. The number of ether oxygens (including phenoxy) is 1. The predicted molar refractivity (Wildman–Crippen MR) is 125 cm³/mol. The second-order valence-electron chi connectivity index (χ2n) is 7.81. The lowest BCUT2D eigenvalue weighted by molar-refractivity contribution is 0.0538. The molecular formula is C28H23NO3. The van der Waals surface area contributed by atoms with Gasteiger partial charge in [0.15, 0.2) is 5.76 Å². The molecule has 1 aliphatic rings. The molecule has 1 aromatic heterocycles. The second-order valence-corrected chi connectivity index (χ2v) is 7.81. The number of carbonyl (C=O) groups excluding carboxylic acids is 1. The van der Waals surface area contributed by atoms with Crippen molar-refractivity contribution in [1.82, 2.24) is 4.98 Å². The van der Waals surface area contributed by atoms with Crippen LogP contribution in [0.25, 0.3) is 28.2 Å². The number of hydrogen-bond donors (Lipinski definition) is 0. The lowest BCUT2D eigenvalue weighted by Crippen LogP contribution is -2.08. The Hall–Kier alpha value is -3.92. The van der Waals surface area contributed by atoms with E-state index >= 15 is 0 Å². The monoisotopic (exact) mass is 421 g/mol. The van der Waals surface area contributed by atoms with Crippen molar-refractivity contribution in [1.29, 1.82) is 0 Å². The number of carbonyl (C=O) groups is 1. The maximum atomic E-state index is 12.4. The second kappa shape index (κ2) is 9.06. The Kier molecular flexibility index (Phi) is 5.67. The smallest absolute Gasteiger partial charge is 0.338 e. The topological polar surface area (TPSA) is 52.3 Å². The number of esters is 1. The molecule has 4 aromatic rings. The summed E-state index contributed by atoms with van der Waals surface area (Å²) in [7, 11) is 0. The Morgan fingerprint density at radius 2 is 1.44 bits per heavy atom. The number of benzene rings is 3. The first-order valence-corrected chi connectivity index (χ1v) is 10.8. The molecule has 0 atom stereocenters. The van der Waals surface area contributed by atoms with Crippen LogP contribution in [0.4, 0.5) is 0 Å². The molecular weight excluding hydrogens is 398 g/mol. The van der Waals surface area contributed by atoms with E-state index in [4.69, 9.17) is 14.1 Å². The molecule has 4 heteroatoms. The van der Waals surface area contributed by atoms with Crippen molar-refractivity contribution in [3.05, 3.63) is 108 Å². The van der Waals surface area contributed by atoms with E-state index in [-0.39, 0.29) is 12.6 Å². The van der Waals surface area contributed by atoms with E-state index in [9.17, 15) is 4.79 Å². The third-order valence-corrected chi connectivity index (χ3v) is 5.69. The SMILES string of the molecule is O=C(OCC1=C(c2nc(-c3ccccc3)c(-c3ccccc3)o2)CCC1)c1ccccc1. The van der Waals surface area contributed by atoms with Crippen LogP contribution in [0.1, 0.15) is 35.5 Å². The van der Waals surface area contributed by atoms with E-state index in [1.165, 1.54) is 0 Å². The van der Waals surface area contributed by atoms with Crippen LogP contribution in [0.5, 0.6) is 0 Å². The van der Waals surface area contributed by atoms with Crippen LogP contribution in [0.15, 0.2) is 101 Å². The fourth-order valence-electron chi connectivity index (χ4n) is 4.06. The molecule has 0 saturated carbocycles. The third-order valence-electron chi connectivity index (χ3n) is 5.69. The Morgan fingerprint density at radius 3 is 2.12 bits per heavy atom. The highest BCUT2D eigenvalue weighted by atomic mass is 16.5. The van der Waals surface area contributed by atoms with Gasteiger partial charge in [-0.15, -0.1) is 0 Å². The Bertz CT molecular complexity index is 1180. The van der Waals surface area contributed by atoms with E-state index in [1.807, 2.05) is 78.9 Å². The summed E-state index contributed by atoms with van der Waals surface area (Å²) in [5, 5.41) is 0. The molecule has 1 aliphatic carbocycles. The Labute approximate surface area is 187 Å². The van der Waals surface area contributed by atoms with Gasteiger partial charge in [-0.1, -0.05) is 78.9 Å². The third kappa shape index (κ3) is 4.12. The van der Waals surface area contributed by atoms with Gasteiger partial charge in [-0.05, 0) is 37.0 Å². The van der Waals surface area contributed by atoms with E-state index < -0.39 is 0 Å². The fourth-order valence-corrected chi connectivity index (χ4v) is 4.06. The Balaban J connectivity index is 1.48. The number of hydrogen-bond acceptors (Lipinski definition) is 4. The van der Waals surface area contributed by atoms with E-state index in [0.29, 0.717) is 11.5 Å². The van der Waals surface area contributed by atoms with Crippen molar-refractivity contribution in [2.24, 2.45) is 0 Å². The highest BCUT2D eigenvalue weighted by molar-refractivity contribution is 5.89. The molecule has 0 unspecified atom stereocenters. The molecule has 0 aliphatic heterocycles. The molecule has 0 bridgehead atoms. The molecule has 0 spiro atoms. The van der Waals surface area contributed by atoms with Gasteiger partial charge in [0.05, 0.1) is 5.56 Å². The summed E-state index contributed by atoms with van der Waals surface area (Å²) >= 11 is 0. The zero-order valence-corrected chi connectivity index (χ0v) is 17.7. The van der Waals surface area contributed by atoms with Crippen LogP contribution in [0, 0.1) is 0 Å². The zero-order chi connectivity index (χ0) is 21.8. The minimum absolute atomic E-state index is 0.257. The standard InChI is InChI=1S/C28H23NO3/c30-28(22-15-8-3-9-16-22)31-19-23-17-10-18-24(23)27-29-25(20-11-4-1-5-12-20)26(32-27)21-13-6-2-7-14-21/h1-9,11-16H,10,17-19H2. The first kappa shape index (κ1) is 20.0. The molecule has 0 N–H and O–H groups in total. The summed E-state index contributed by atoms with van der Waals surface area (Å²) in [5.41, 5.74) is 5.51. The molecule has 0 radical (unpaired) electrons. The van der Waals surface area contributed by atoms with Gasteiger partial charge in [0, 0.05) is 16.7 Å². The lowest BCUT2D eigenvalue weighted by atomic mass is 10.1. The van der Waals surface area contributed by atoms with E-state index in [0.717, 1.165) is 53.0 Å². The number of rotatable bonds is 6. The van der Waals surface area contributed by atoms with Gasteiger partial charge < -0.3 is 9.15 Å². The molecule has 0 fully saturated rings. The quantitative estimate of drug-likeness (QED) is 0.321. The van der Waals surface area contributed by atoms with Gasteiger partial charge in [-0.2, -0.15) is 0 Å². The summed E-state index contributed by atoms with van der Waals surface area (Å²) in [6.45, 7) is 0.257. The van der Waals surface area contributed by atoms with Crippen LogP contribution in [-0.2, 0) is 4.74 Å². The van der Waals surface area contributed by atoms with Gasteiger partial charge in [0.2, 0.25) is 5.89 Å². The van der Waals surface area contributed by atoms with Gasteiger partial charge in [-0.25, -0.2) is 9.78 Å². The maximum Gasteiger partial charge on any atom is 0.338 e. The highest BCUT2D eigenvalue weighted by Gasteiger charge is 2.25. The van der Waals surface area contributed by atoms with Gasteiger partial charge in [-0.3, -0.25) is 0 Å². The summed E-state index contributed by atoms with van der Waals surface area (Å²) < 4.78 is 12.0. The van der Waals surface area contributed by atoms with Crippen LogP contribution in [0.2, 0.25) is 0 Å². The number of oxazole rings is 1. The first-order chi connectivity index (χ1) is 15.8. The van der Waals surface area contributed by atoms with Crippen molar-refractivity contribution in [3.8, 4) is 22.6 Å². The molecule has 0 saturated heterocycles. The summed E-state index contributed by atoms with van der Waals surface area (Å²) in [4.78, 5) is 17.3. The van der Waals surface area contributed by atoms with Crippen LogP contribution in [0.3, 0.4) is 0 Å². The average Bonchev–Trinajstić information content (AvgIpc) is 3.51. The van der Waals surface area contributed by atoms with Gasteiger partial charge in [0.25, 0.3) is 0 Å². The fraction of sp³-hybridized carbons (Fsp3) is 0.143. The van der Waals surface area contributed by atoms with Gasteiger partial charge >= 0.3 is 5.97 Å². The zero-order valence-electron chi connectivity index (χ0n) is 17.7. The van der Waals surface area contributed by atoms with Crippen molar-refractivity contribution >= 4 is 11.5 Å². The molecule has 4 nitrogen and oxygen atoms in total. The van der Waals surface area contributed by atoms with Crippen molar-refractivity contribution in [2.75, 3.05) is 6.61 Å². The van der Waals surface area contributed by atoms with Crippen molar-refractivity contribution in [3.63, 3.8) is 0 Å². The van der Waals surface area contributed by atoms with Gasteiger partial charge in [0.1, 0.15) is 12.3 Å². The lowest BCUT2D eigenvalue weighted by Gasteiger charge is -2.07. The molecule has 32 heavy (non-hydrogen) atoms. The number of allylic oxidation sites excluding steroid dienone is 1. The van der Waals surface area contributed by atoms with E-state index in [1.54, 1.807) is 12.1 Å². The van der Waals surface area contributed by atoms with Crippen LogP contribution < -0.4 is 0 Å². The minimum atomic E-state index is -0.313. The van der Waals surface area contributed by atoms with Crippen LogP contribution >= 0.6 is 0 Å². The molecule has 1 heterocycles. The molecule has 5 rings (SSSR count). The summed E-state index contributed by atoms with van der Waals surface area (Å²) in [6.07, 6.45) is 2.74. The molecule has 0 amide bonds. The first-order valence-electron chi connectivity index (χ1n) is 10.8. The summed E-state index contributed by atoms with van der Waals surface area (Å²) in [5.74, 6) is 1.06. The molecule has 158 valence electrons. The summed E-state index contributed by atoms with van der Waals surface area (Å²) in [6, 6.07) is 29.2. The van der Waals surface area contributed by atoms with Crippen molar-refractivity contribution in [2.45, 2.75) is 19.3 Å². The Morgan fingerprint density at radius 1 is 0.812 bits per heavy atom. The molecule has 3 aromatic carbocycles. The van der Waals surface area contributed by atoms with Crippen molar-refractivity contribution < 1.29 is 13.9 Å². The normalized spacial score (nSPS) is 13.4.